The maximum atomic E-state index is 12.6. The predicted octanol–water partition coefficient (Wildman–Crippen LogP) is 3.44. The SMILES string of the molecule is O=C1N[C@H](CCc2ccccc2)C(=O)N1Cc1nnc(-c2ccc(Cl)cc2)o1. The lowest BCUT2D eigenvalue weighted by molar-refractivity contribution is -0.128. The van der Waals surface area contributed by atoms with Crippen molar-refractivity contribution in [3.63, 3.8) is 0 Å². The van der Waals surface area contributed by atoms with Crippen LogP contribution in [0.25, 0.3) is 11.5 Å². The Labute approximate surface area is 166 Å². The molecule has 1 N–H and O–H groups in total. The van der Waals surface area contributed by atoms with Gasteiger partial charge in [0.1, 0.15) is 12.6 Å². The van der Waals surface area contributed by atoms with Crippen LogP contribution in [0.4, 0.5) is 4.79 Å². The summed E-state index contributed by atoms with van der Waals surface area (Å²) in [5.74, 6) is 0.212. The molecular formula is C20H17ClN4O3. The summed E-state index contributed by atoms with van der Waals surface area (Å²) in [6.07, 6.45) is 1.23. The van der Waals surface area contributed by atoms with Gasteiger partial charge in [-0.1, -0.05) is 41.9 Å². The number of hydrogen-bond donors (Lipinski definition) is 1. The molecule has 1 aliphatic heterocycles. The Morgan fingerprint density at radius 2 is 1.79 bits per heavy atom. The zero-order chi connectivity index (χ0) is 19.5. The van der Waals surface area contributed by atoms with E-state index in [1.54, 1.807) is 24.3 Å². The highest BCUT2D eigenvalue weighted by atomic mass is 35.5. The van der Waals surface area contributed by atoms with Crippen LogP contribution in [-0.4, -0.2) is 33.1 Å². The Balaban J connectivity index is 1.40. The summed E-state index contributed by atoms with van der Waals surface area (Å²) in [4.78, 5) is 25.9. The van der Waals surface area contributed by atoms with Gasteiger partial charge >= 0.3 is 6.03 Å². The molecule has 0 saturated carbocycles. The summed E-state index contributed by atoms with van der Waals surface area (Å²) in [5.41, 5.74) is 1.83. The number of nitrogens with zero attached hydrogens (tertiary/aromatic N) is 3. The van der Waals surface area contributed by atoms with Crippen molar-refractivity contribution in [3.8, 4) is 11.5 Å². The molecule has 7 nitrogen and oxygen atoms in total. The molecule has 0 radical (unpaired) electrons. The van der Waals surface area contributed by atoms with Crippen molar-refractivity contribution in [3.05, 3.63) is 71.1 Å². The number of halogens is 1. The summed E-state index contributed by atoms with van der Waals surface area (Å²) < 4.78 is 5.59. The van der Waals surface area contributed by atoms with Gasteiger partial charge in [0, 0.05) is 10.6 Å². The van der Waals surface area contributed by atoms with Crippen LogP contribution < -0.4 is 5.32 Å². The largest absolute Gasteiger partial charge is 0.419 e. The maximum Gasteiger partial charge on any atom is 0.325 e. The monoisotopic (exact) mass is 396 g/mol. The molecule has 1 aromatic heterocycles. The third-order valence-corrected chi connectivity index (χ3v) is 4.77. The Morgan fingerprint density at radius 3 is 2.54 bits per heavy atom. The van der Waals surface area contributed by atoms with Gasteiger partial charge in [0.05, 0.1) is 0 Å². The van der Waals surface area contributed by atoms with Gasteiger partial charge in [0.2, 0.25) is 11.8 Å². The first-order chi connectivity index (χ1) is 13.6. The molecule has 142 valence electrons. The van der Waals surface area contributed by atoms with Crippen LogP contribution in [0, 0.1) is 0 Å². The molecule has 0 unspecified atom stereocenters. The molecule has 2 aromatic carbocycles. The first-order valence-corrected chi connectivity index (χ1v) is 9.22. The number of amides is 3. The summed E-state index contributed by atoms with van der Waals surface area (Å²) in [7, 11) is 0. The van der Waals surface area contributed by atoms with Crippen molar-refractivity contribution in [2.75, 3.05) is 0 Å². The summed E-state index contributed by atoms with van der Waals surface area (Å²) in [6, 6.07) is 15.8. The molecule has 0 bridgehead atoms. The predicted molar refractivity (Wildman–Crippen MR) is 102 cm³/mol. The minimum Gasteiger partial charge on any atom is -0.419 e. The van der Waals surface area contributed by atoms with Crippen molar-refractivity contribution >= 4 is 23.5 Å². The van der Waals surface area contributed by atoms with Crippen molar-refractivity contribution in [2.24, 2.45) is 0 Å². The number of carbonyl (C=O) groups excluding carboxylic acids is 2. The van der Waals surface area contributed by atoms with Gasteiger partial charge in [-0.2, -0.15) is 0 Å². The van der Waals surface area contributed by atoms with Gasteiger partial charge in [-0.05, 0) is 42.7 Å². The van der Waals surface area contributed by atoms with Crippen molar-refractivity contribution in [1.82, 2.24) is 20.4 Å². The van der Waals surface area contributed by atoms with E-state index in [4.69, 9.17) is 16.0 Å². The molecule has 0 spiro atoms. The lowest BCUT2D eigenvalue weighted by Crippen LogP contribution is -2.31. The first kappa shape index (κ1) is 18.2. The number of imide groups is 1. The Hall–Kier alpha value is -3.19. The lowest BCUT2D eigenvalue weighted by atomic mass is 10.1. The number of rotatable bonds is 6. The van der Waals surface area contributed by atoms with Crippen LogP contribution in [-0.2, 0) is 17.8 Å². The van der Waals surface area contributed by atoms with Gasteiger partial charge in [-0.25, -0.2) is 4.79 Å². The molecule has 1 saturated heterocycles. The topological polar surface area (TPSA) is 88.3 Å². The second kappa shape index (κ2) is 7.82. The van der Waals surface area contributed by atoms with E-state index in [0.29, 0.717) is 29.3 Å². The standard InChI is InChI=1S/C20H17ClN4O3/c21-15-9-7-14(8-10-15)18-24-23-17(28-18)12-25-19(26)16(22-20(25)27)11-6-13-4-2-1-3-5-13/h1-5,7-10,16H,6,11-12H2,(H,22,27)/t16-/m1/s1. The zero-order valence-electron chi connectivity index (χ0n) is 14.8. The summed E-state index contributed by atoms with van der Waals surface area (Å²) in [6.45, 7) is -0.0624. The smallest absolute Gasteiger partial charge is 0.325 e. The fraction of sp³-hybridized carbons (Fsp3) is 0.200. The van der Waals surface area contributed by atoms with Crippen LogP contribution >= 0.6 is 11.6 Å². The molecule has 2 heterocycles. The third-order valence-electron chi connectivity index (χ3n) is 4.52. The van der Waals surface area contributed by atoms with E-state index >= 15 is 0 Å². The summed E-state index contributed by atoms with van der Waals surface area (Å²) in [5, 5.41) is 11.2. The minimum absolute atomic E-state index is 0.0624. The fourth-order valence-electron chi connectivity index (χ4n) is 3.04. The lowest BCUT2D eigenvalue weighted by Gasteiger charge is -2.10. The number of benzene rings is 2. The van der Waals surface area contributed by atoms with Gasteiger partial charge in [0.15, 0.2) is 0 Å². The van der Waals surface area contributed by atoms with Crippen LogP contribution in [0.15, 0.2) is 59.0 Å². The fourth-order valence-corrected chi connectivity index (χ4v) is 3.17. The van der Waals surface area contributed by atoms with Crippen LogP contribution in [0.1, 0.15) is 17.9 Å². The zero-order valence-corrected chi connectivity index (χ0v) is 15.6. The van der Waals surface area contributed by atoms with E-state index in [0.717, 1.165) is 10.5 Å². The van der Waals surface area contributed by atoms with Gasteiger partial charge in [-0.3, -0.25) is 9.69 Å². The second-order valence-electron chi connectivity index (χ2n) is 6.46. The summed E-state index contributed by atoms with van der Waals surface area (Å²) >= 11 is 5.87. The molecule has 1 fully saturated rings. The number of aryl methyl sites for hydroxylation is 1. The van der Waals surface area contributed by atoms with Crippen LogP contribution in [0.3, 0.4) is 0 Å². The van der Waals surface area contributed by atoms with Crippen molar-refractivity contribution in [2.45, 2.75) is 25.4 Å². The molecule has 8 heteroatoms. The first-order valence-electron chi connectivity index (χ1n) is 8.84. The number of carbonyl (C=O) groups is 2. The third kappa shape index (κ3) is 3.89. The van der Waals surface area contributed by atoms with Crippen molar-refractivity contribution < 1.29 is 14.0 Å². The van der Waals surface area contributed by atoms with Crippen LogP contribution in [0.2, 0.25) is 5.02 Å². The van der Waals surface area contributed by atoms with E-state index in [-0.39, 0.29) is 18.3 Å². The number of aromatic nitrogens is 2. The number of nitrogens with one attached hydrogen (secondary N) is 1. The highest BCUT2D eigenvalue weighted by Crippen LogP contribution is 2.22. The molecule has 3 aromatic rings. The van der Waals surface area contributed by atoms with Crippen molar-refractivity contribution in [1.29, 1.82) is 0 Å². The Kier molecular flexibility index (Phi) is 5.08. The van der Waals surface area contributed by atoms with E-state index in [1.165, 1.54) is 0 Å². The van der Waals surface area contributed by atoms with E-state index in [1.807, 2.05) is 30.3 Å². The highest BCUT2D eigenvalue weighted by molar-refractivity contribution is 6.30. The second-order valence-corrected chi connectivity index (χ2v) is 6.90. The van der Waals surface area contributed by atoms with Gasteiger partial charge in [-0.15, -0.1) is 10.2 Å². The minimum atomic E-state index is -0.550. The molecule has 1 atom stereocenters. The average Bonchev–Trinajstić information content (AvgIpc) is 3.28. The average molecular weight is 397 g/mol. The Morgan fingerprint density at radius 1 is 1.04 bits per heavy atom. The van der Waals surface area contributed by atoms with E-state index in [2.05, 4.69) is 15.5 Å². The molecule has 4 rings (SSSR count). The highest BCUT2D eigenvalue weighted by Gasteiger charge is 2.38. The molecule has 28 heavy (non-hydrogen) atoms. The number of urea groups is 1. The quantitative estimate of drug-likeness (QED) is 0.645. The number of hydrogen-bond acceptors (Lipinski definition) is 5. The van der Waals surface area contributed by atoms with Gasteiger partial charge < -0.3 is 9.73 Å². The van der Waals surface area contributed by atoms with E-state index in [9.17, 15) is 9.59 Å². The molecular weight excluding hydrogens is 380 g/mol. The van der Waals surface area contributed by atoms with Gasteiger partial charge in [0.25, 0.3) is 5.91 Å². The van der Waals surface area contributed by atoms with Crippen LogP contribution in [0.5, 0.6) is 0 Å². The Bertz CT molecular complexity index is 988. The molecule has 0 aliphatic carbocycles. The normalized spacial score (nSPS) is 16.5. The maximum absolute atomic E-state index is 12.6. The molecule has 3 amide bonds. The van der Waals surface area contributed by atoms with E-state index < -0.39 is 12.1 Å². The molecule has 1 aliphatic rings.